The number of hydrogen-bond acceptors (Lipinski definition) is 4. The molecule has 0 spiro atoms. The Hall–Kier alpha value is -3.12. The fraction of sp³-hybridized carbons (Fsp3) is 0.360. The van der Waals surface area contributed by atoms with Crippen LogP contribution in [0.4, 0.5) is 4.79 Å². The molecule has 2 heterocycles. The Bertz CT molecular complexity index is 1020. The lowest BCUT2D eigenvalue weighted by molar-refractivity contribution is 0.0899. The quantitative estimate of drug-likeness (QED) is 0.681. The topological polar surface area (TPSA) is 67.6 Å². The van der Waals surface area contributed by atoms with Crippen molar-refractivity contribution >= 4 is 6.09 Å². The van der Waals surface area contributed by atoms with Crippen LogP contribution in [0.25, 0.3) is 11.1 Å². The minimum absolute atomic E-state index is 0.0767. The van der Waals surface area contributed by atoms with E-state index in [9.17, 15) is 9.90 Å². The number of piperidine rings is 1. The van der Waals surface area contributed by atoms with Crippen LogP contribution in [0.1, 0.15) is 41.5 Å². The molecule has 1 amide bonds. The summed E-state index contributed by atoms with van der Waals surface area (Å²) in [6.45, 7) is 2.29. The first-order valence-corrected chi connectivity index (χ1v) is 11.0. The van der Waals surface area contributed by atoms with Crippen molar-refractivity contribution in [2.45, 2.75) is 31.2 Å². The highest BCUT2D eigenvalue weighted by atomic mass is 16.6. The maximum absolute atomic E-state index is 12.8. The monoisotopic (exact) mass is 417 g/mol. The summed E-state index contributed by atoms with van der Waals surface area (Å²) in [7, 11) is 0. The largest absolute Gasteiger partial charge is 0.448 e. The van der Waals surface area contributed by atoms with Crippen LogP contribution in [-0.4, -0.2) is 52.2 Å². The van der Waals surface area contributed by atoms with Gasteiger partial charge in [-0.3, -0.25) is 4.68 Å². The molecule has 0 unspecified atom stereocenters. The van der Waals surface area contributed by atoms with E-state index in [-0.39, 0.29) is 18.6 Å². The lowest BCUT2D eigenvalue weighted by Crippen LogP contribution is -2.39. The molecule has 2 aliphatic rings. The molecule has 1 N–H and O–H groups in total. The number of amides is 1. The Balaban J connectivity index is 1.21. The molecule has 1 aliphatic carbocycles. The van der Waals surface area contributed by atoms with Gasteiger partial charge in [-0.1, -0.05) is 48.5 Å². The molecule has 1 aliphatic heterocycles. The van der Waals surface area contributed by atoms with Crippen molar-refractivity contribution in [1.29, 1.82) is 0 Å². The van der Waals surface area contributed by atoms with Gasteiger partial charge in [-0.25, -0.2) is 4.79 Å². The molecule has 0 bridgehead atoms. The smallest absolute Gasteiger partial charge is 0.409 e. The van der Waals surface area contributed by atoms with Gasteiger partial charge >= 0.3 is 6.09 Å². The van der Waals surface area contributed by atoms with Gasteiger partial charge in [0.1, 0.15) is 6.61 Å². The molecule has 1 aromatic heterocycles. The fourth-order valence-corrected chi connectivity index (χ4v) is 5.01. The number of nitrogens with zero attached hydrogens (tertiary/aromatic N) is 3. The van der Waals surface area contributed by atoms with Gasteiger partial charge in [0.2, 0.25) is 0 Å². The van der Waals surface area contributed by atoms with E-state index in [0.29, 0.717) is 32.2 Å². The molecule has 0 saturated carbocycles. The summed E-state index contributed by atoms with van der Waals surface area (Å²) in [5.41, 5.74) is 6.07. The van der Waals surface area contributed by atoms with E-state index in [1.807, 2.05) is 27.8 Å². The van der Waals surface area contributed by atoms with Crippen LogP contribution >= 0.6 is 0 Å². The third-order valence-electron chi connectivity index (χ3n) is 6.57. The summed E-state index contributed by atoms with van der Waals surface area (Å²) >= 11 is 0. The number of aromatic nitrogens is 2. The van der Waals surface area contributed by atoms with Gasteiger partial charge in [0, 0.05) is 36.8 Å². The lowest BCUT2D eigenvalue weighted by Gasteiger charge is -2.32. The van der Waals surface area contributed by atoms with Crippen LogP contribution < -0.4 is 0 Å². The molecule has 3 aromatic rings. The molecule has 2 aromatic carbocycles. The maximum atomic E-state index is 12.8. The highest BCUT2D eigenvalue weighted by molar-refractivity contribution is 5.79. The molecular weight excluding hydrogens is 390 g/mol. The molecule has 1 saturated heterocycles. The van der Waals surface area contributed by atoms with Crippen LogP contribution in [0, 0.1) is 0 Å². The number of hydrogen-bond donors (Lipinski definition) is 1. The second kappa shape index (κ2) is 8.55. The van der Waals surface area contributed by atoms with Crippen LogP contribution in [0.3, 0.4) is 0 Å². The Kier molecular flexibility index (Phi) is 5.47. The van der Waals surface area contributed by atoms with Crippen molar-refractivity contribution in [3.8, 4) is 11.1 Å². The predicted octanol–water partition coefficient (Wildman–Crippen LogP) is 4.00. The van der Waals surface area contributed by atoms with E-state index in [4.69, 9.17) is 4.74 Å². The number of aliphatic hydroxyl groups excluding tert-OH is 1. The third-order valence-corrected chi connectivity index (χ3v) is 6.57. The zero-order valence-corrected chi connectivity index (χ0v) is 17.5. The summed E-state index contributed by atoms with van der Waals surface area (Å²) < 4.78 is 7.67. The highest BCUT2D eigenvalue weighted by Crippen LogP contribution is 2.44. The van der Waals surface area contributed by atoms with Gasteiger partial charge in [-0.15, -0.1) is 0 Å². The summed E-state index contributed by atoms with van der Waals surface area (Å²) in [6, 6.07) is 18.8. The van der Waals surface area contributed by atoms with Crippen LogP contribution in [0.2, 0.25) is 0 Å². The number of carbonyl (C=O) groups excluding carboxylic acids is 1. The second-order valence-electron chi connectivity index (χ2n) is 8.27. The number of benzene rings is 2. The van der Waals surface area contributed by atoms with Crippen molar-refractivity contribution in [2.75, 3.05) is 26.3 Å². The zero-order chi connectivity index (χ0) is 21.2. The highest BCUT2D eigenvalue weighted by Gasteiger charge is 2.31. The molecular formula is C25H27N3O3. The normalized spacial score (nSPS) is 16.2. The molecule has 0 radical (unpaired) electrons. The van der Waals surface area contributed by atoms with Crippen molar-refractivity contribution in [3.05, 3.63) is 77.6 Å². The molecule has 6 heteroatoms. The SMILES string of the molecule is O=C(OCC1c2ccccc2-c2ccccc21)N1CCC(c2ccnn2CCO)CC1. The number of carbonyl (C=O) groups is 1. The van der Waals surface area contributed by atoms with Crippen molar-refractivity contribution < 1.29 is 14.6 Å². The van der Waals surface area contributed by atoms with Crippen LogP contribution in [0.15, 0.2) is 60.8 Å². The second-order valence-corrected chi connectivity index (χ2v) is 8.27. The van der Waals surface area contributed by atoms with Crippen molar-refractivity contribution in [1.82, 2.24) is 14.7 Å². The van der Waals surface area contributed by atoms with Gasteiger partial charge in [-0.05, 0) is 41.2 Å². The summed E-state index contributed by atoms with van der Waals surface area (Å²) in [5.74, 6) is 0.438. The first kappa shape index (κ1) is 19.8. The molecule has 31 heavy (non-hydrogen) atoms. The Labute approximate surface area is 182 Å². The third kappa shape index (κ3) is 3.72. The van der Waals surface area contributed by atoms with Gasteiger partial charge in [-0.2, -0.15) is 5.10 Å². The average Bonchev–Trinajstić information content (AvgIpc) is 3.40. The van der Waals surface area contributed by atoms with Crippen molar-refractivity contribution in [2.24, 2.45) is 0 Å². The molecule has 160 valence electrons. The van der Waals surface area contributed by atoms with Gasteiger partial charge < -0.3 is 14.7 Å². The van der Waals surface area contributed by atoms with E-state index in [1.54, 1.807) is 6.20 Å². The number of aliphatic hydroxyl groups is 1. The van der Waals surface area contributed by atoms with E-state index in [1.165, 1.54) is 22.3 Å². The van der Waals surface area contributed by atoms with Crippen molar-refractivity contribution in [3.63, 3.8) is 0 Å². The standard InChI is InChI=1S/C25H27N3O3/c29-16-15-28-24(9-12-26-28)18-10-13-27(14-11-18)25(30)31-17-23-21-7-3-1-5-19(21)20-6-2-4-8-22(20)23/h1-9,12,18,23,29H,10-11,13-17H2. The minimum Gasteiger partial charge on any atom is -0.448 e. The lowest BCUT2D eigenvalue weighted by atomic mass is 9.93. The van der Waals surface area contributed by atoms with E-state index >= 15 is 0 Å². The molecule has 1 fully saturated rings. The number of fused-ring (bicyclic) bond motifs is 3. The first-order valence-electron chi connectivity index (χ1n) is 11.0. The maximum Gasteiger partial charge on any atom is 0.409 e. The van der Waals surface area contributed by atoms with E-state index in [2.05, 4.69) is 41.5 Å². The van der Waals surface area contributed by atoms with Gasteiger partial charge in [0.25, 0.3) is 0 Å². The predicted molar refractivity (Wildman–Crippen MR) is 118 cm³/mol. The van der Waals surface area contributed by atoms with E-state index < -0.39 is 0 Å². The fourth-order valence-electron chi connectivity index (χ4n) is 5.01. The Morgan fingerprint density at radius 2 is 1.65 bits per heavy atom. The average molecular weight is 418 g/mol. The first-order chi connectivity index (χ1) is 15.3. The molecule has 6 nitrogen and oxygen atoms in total. The Morgan fingerprint density at radius 3 is 2.29 bits per heavy atom. The Morgan fingerprint density at radius 1 is 1.00 bits per heavy atom. The summed E-state index contributed by atoms with van der Waals surface area (Å²) in [4.78, 5) is 14.6. The van der Waals surface area contributed by atoms with Crippen LogP contribution in [0.5, 0.6) is 0 Å². The zero-order valence-electron chi connectivity index (χ0n) is 17.5. The number of ether oxygens (including phenoxy) is 1. The minimum atomic E-state index is -0.232. The van der Waals surface area contributed by atoms with Gasteiger partial charge in [0.15, 0.2) is 0 Å². The number of likely N-dealkylation sites (tertiary alicyclic amines) is 1. The van der Waals surface area contributed by atoms with Crippen LogP contribution in [-0.2, 0) is 11.3 Å². The number of rotatable bonds is 5. The van der Waals surface area contributed by atoms with Gasteiger partial charge in [0.05, 0.1) is 13.2 Å². The summed E-state index contributed by atoms with van der Waals surface area (Å²) in [6.07, 6.45) is 3.30. The summed E-state index contributed by atoms with van der Waals surface area (Å²) in [5, 5.41) is 13.5. The molecule has 5 rings (SSSR count). The molecule has 0 atom stereocenters. The van der Waals surface area contributed by atoms with E-state index in [0.717, 1.165) is 18.5 Å².